The van der Waals surface area contributed by atoms with Crippen molar-refractivity contribution in [2.75, 3.05) is 0 Å². The Bertz CT molecular complexity index is 294. The molecular formula is C13H20BrN. The Morgan fingerprint density at radius 2 is 1.93 bits per heavy atom. The molecule has 1 nitrogen and oxygen atoms in total. The Kier molecular flexibility index (Phi) is 5.34. The Hall–Kier alpha value is -0.340. The van der Waals surface area contributed by atoms with Crippen LogP contribution in [0.3, 0.4) is 0 Å². The Labute approximate surface area is 101 Å². The molecule has 2 N–H and O–H groups in total. The lowest BCUT2D eigenvalue weighted by Gasteiger charge is -2.21. The standard InChI is InChI=1S/C13H20BrN/c1-3-11(4-2)13(15)9-10-6-5-7-12(14)8-10/h5-8,11,13H,3-4,9,15H2,1-2H3. The molecule has 0 amide bonds. The van der Waals surface area contributed by atoms with Gasteiger partial charge in [0.15, 0.2) is 0 Å². The molecule has 0 aliphatic heterocycles. The molecule has 0 heterocycles. The van der Waals surface area contributed by atoms with Crippen molar-refractivity contribution in [2.45, 2.75) is 39.2 Å². The van der Waals surface area contributed by atoms with E-state index < -0.39 is 0 Å². The first-order valence-corrected chi connectivity index (χ1v) is 6.46. The van der Waals surface area contributed by atoms with Crippen molar-refractivity contribution >= 4 is 15.9 Å². The lowest BCUT2D eigenvalue weighted by Crippen LogP contribution is -2.31. The maximum absolute atomic E-state index is 6.21. The molecule has 1 unspecified atom stereocenters. The average Bonchev–Trinajstić information content (AvgIpc) is 2.19. The van der Waals surface area contributed by atoms with E-state index >= 15 is 0 Å². The fourth-order valence-electron chi connectivity index (χ4n) is 2.00. The van der Waals surface area contributed by atoms with Crippen LogP contribution in [-0.4, -0.2) is 6.04 Å². The Morgan fingerprint density at radius 1 is 1.27 bits per heavy atom. The summed E-state index contributed by atoms with van der Waals surface area (Å²) < 4.78 is 1.14. The fraction of sp³-hybridized carbons (Fsp3) is 0.538. The summed E-state index contributed by atoms with van der Waals surface area (Å²) in [5.41, 5.74) is 7.53. The third-order valence-electron chi connectivity index (χ3n) is 3.01. The van der Waals surface area contributed by atoms with E-state index in [1.165, 1.54) is 18.4 Å². The van der Waals surface area contributed by atoms with E-state index in [0.717, 1.165) is 10.9 Å². The number of halogens is 1. The first-order valence-electron chi connectivity index (χ1n) is 5.67. The summed E-state index contributed by atoms with van der Waals surface area (Å²) in [5, 5.41) is 0. The van der Waals surface area contributed by atoms with Gasteiger partial charge in [-0.3, -0.25) is 0 Å². The predicted molar refractivity (Wildman–Crippen MR) is 69.9 cm³/mol. The van der Waals surface area contributed by atoms with Crippen molar-refractivity contribution in [3.8, 4) is 0 Å². The molecule has 84 valence electrons. The third kappa shape index (κ3) is 3.96. The van der Waals surface area contributed by atoms with Crippen molar-refractivity contribution in [3.63, 3.8) is 0 Å². The van der Waals surface area contributed by atoms with Gasteiger partial charge in [0.1, 0.15) is 0 Å². The van der Waals surface area contributed by atoms with Gasteiger partial charge in [0, 0.05) is 10.5 Å². The molecule has 0 saturated heterocycles. The molecule has 0 aliphatic carbocycles. The van der Waals surface area contributed by atoms with E-state index in [9.17, 15) is 0 Å². The summed E-state index contributed by atoms with van der Waals surface area (Å²) >= 11 is 3.48. The van der Waals surface area contributed by atoms with Crippen molar-refractivity contribution in [3.05, 3.63) is 34.3 Å². The van der Waals surface area contributed by atoms with Crippen molar-refractivity contribution in [1.29, 1.82) is 0 Å². The van der Waals surface area contributed by atoms with Gasteiger partial charge in [-0.2, -0.15) is 0 Å². The first kappa shape index (κ1) is 12.7. The summed E-state index contributed by atoms with van der Waals surface area (Å²) in [5.74, 6) is 0.643. The van der Waals surface area contributed by atoms with Crippen LogP contribution in [0.1, 0.15) is 32.3 Å². The summed E-state index contributed by atoms with van der Waals surface area (Å²) in [7, 11) is 0. The molecule has 0 fully saturated rings. The quantitative estimate of drug-likeness (QED) is 0.866. The Balaban J connectivity index is 2.61. The van der Waals surface area contributed by atoms with Crippen LogP contribution >= 0.6 is 15.9 Å². The van der Waals surface area contributed by atoms with Crippen LogP contribution in [0.5, 0.6) is 0 Å². The largest absolute Gasteiger partial charge is 0.327 e. The highest BCUT2D eigenvalue weighted by atomic mass is 79.9. The monoisotopic (exact) mass is 269 g/mol. The molecule has 2 heteroatoms. The van der Waals surface area contributed by atoms with Crippen molar-refractivity contribution < 1.29 is 0 Å². The maximum atomic E-state index is 6.21. The highest BCUT2D eigenvalue weighted by molar-refractivity contribution is 9.10. The van der Waals surface area contributed by atoms with Crippen molar-refractivity contribution in [2.24, 2.45) is 11.7 Å². The molecule has 0 saturated carbocycles. The zero-order valence-electron chi connectivity index (χ0n) is 9.54. The lowest BCUT2D eigenvalue weighted by molar-refractivity contribution is 0.393. The normalized spacial score (nSPS) is 13.1. The zero-order valence-corrected chi connectivity index (χ0v) is 11.1. The topological polar surface area (TPSA) is 26.0 Å². The van der Waals surface area contributed by atoms with E-state index in [4.69, 9.17) is 5.73 Å². The summed E-state index contributed by atoms with van der Waals surface area (Å²) in [4.78, 5) is 0. The molecule has 1 atom stereocenters. The van der Waals surface area contributed by atoms with E-state index in [1.54, 1.807) is 0 Å². The second-order valence-corrected chi connectivity index (χ2v) is 4.99. The van der Waals surface area contributed by atoms with Crippen LogP contribution in [0.25, 0.3) is 0 Å². The van der Waals surface area contributed by atoms with Crippen LogP contribution in [0.2, 0.25) is 0 Å². The van der Waals surface area contributed by atoms with Crippen molar-refractivity contribution in [1.82, 2.24) is 0 Å². The summed E-state index contributed by atoms with van der Waals surface area (Å²) in [6, 6.07) is 8.70. The van der Waals surface area contributed by atoms with Gasteiger partial charge in [-0.25, -0.2) is 0 Å². The van der Waals surface area contributed by atoms with Gasteiger partial charge in [0.2, 0.25) is 0 Å². The predicted octanol–water partition coefficient (Wildman–Crippen LogP) is 3.76. The van der Waals surface area contributed by atoms with Crippen LogP contribution in [0.4, 0.5) is 0 Å². The number of hydrogen-bond acceptors (Lipinski definition) is 1. The number of nitrogens with two attached hydrogens (primary N) is 1. The molecule has 15 heavy (non-hydrogen) atoms. The van der Waals surface area contributed by atoms with E-state index in [-0.39, 0.29) is 6.04 Å². The first-order chi connectivity index (χ1) is 7.17. The minimum absolute atomic E-state index is 0.286. The van der Waals surface area contributed by atoms with Gasteiger partial charge >= 0.3 is 0 Å². The smallest absolute Gasteiger partial charge is 0.0178 e. The summed E-state index contributed by atoms with van der Waals surface area (Å²) in [6.07, 6.45) is 3.32. The zero-order chi connectivity index (χ0) is 11.3. The molecule has 0 bridgehead atoms. The highest BCUT2D eigenvalue weighted by Crippen LogP contribution is 2.18. The third-order valence-corrected chi connectivity index (χ3v) is 3.51. The molecule has 0 radical (unpaired) electrons. The molecule has 1 rings (SSSR count). The molecule has 1 aromatic rings. The molecule has 0 aromatic heterocycles. The van der Waals surface area contributed by atoms with Gasteiger partial charge in [-0.15, -0.1) is 0 Å². The second kappa shape index (κ2) is 6.29. The molecule has 0 spiro atoms. The van der Waals surface area contributed by atoms with Gasteiger partial charge in [0.25, 0.3) is 0 Å². The van der Waals surface area contributed by atoms with Gasteiger partial charge in [-0.05, 0) is 30.0 Å². The fourth-order valence-corrected chi connectivity index (χ4v) is 2.44. The minimum Gasteiger partial charge on any atom is -0.327 e. The lowest BCUT2D eigenvalue weighted by atomic mass is 9.90. The van der Waals surface area contributed by atoms with E-state index in [1.807, 2.05) is 6.07 Å². The van der Waals surface area contributed by atoms with Gasteiger partial charge in [0.05, 0.1) is 0 Å². The average molecular weight is 270 g/mol. The van der Waals surface area contributed by atoms with Crippen LogP contribution in [0, 0.1) is 5.92 Å². The molecule has 0 aliphatic rings. The van der Waals surface area contributed by atoms with E-state index in [0.29, 0.717) is 5.92 Å². The van der Waals surface area contributed by atoms with E-state index in [2.05, 4.69) is 48.0 Å². The minimum atomic E-state index is 0.286. The van der Waals surface area contributed by atoms with Crippen LogP contribution in [0.15, 0.2) is 28.7 Å². The highest BCUT2D eigenvalue weighted by Gasteiger charge is 2.14. The van der Waals surface area contributed by atoms with Gasteiger partial charge in [-0.1, -0.05) is 54.8 Å². The molecule has 1 aromatic carbocycles. The number of rotatable bonds is 5. The number of benzene rings is 1. The second-order valence-electron chi connectivity index (χ2n) is 4.07. The van der Waals surface area contributed by atoms with Crippen LogP contribution in [-0.2, 0) is 6.42 Å². The molecular weight excluding hydrogens is 250 g/mol. The Morgan fingerprint density at radius 3 is 2.47 bits per heavy atom. The van der Waals surface area contributed by atoms with Crippen LogP contribution < -0.4 is 5.73 Å². The summed E-state index contributed by atoms with van der Waals surface area (Å²) in [6.45, 7) is 4.43. The maximum Gasteiger partial charge on any atom is 0.0178 e. The number of hydrogen-bond donors (Lipinski definition) is 1. The SMILES string of the molecule is CCC(CC)C(N)Cc1cccc(Br)c1. The van der Waals surface area contributed by atoms with Gasteiger partial charge < -0.3 is 5.73 Å².